The van der Waals surface area contributed by atoms with Crippen LogP contribution >= 0.6 is 0 Å². The van der Waals surface area contributed by atoms with Crippen molar-refractivity contribution in [3.8, 4) is 0 Å². The number of anilines is 1. The molecule has 0 aliphatic carbocycles. The number of aromatic amines is 1. The number of guanidine groups is 1. The number of aromatic nitrogens is 1. The minimum absolute atomic E-state index is 0.0811. The number of nitrogens with zero attached hydrogens (tertiary/aromatic N) is 3. The van der Waals surface area contributed by atoms with Gasteiger partial charge in [-0.15, -0.1) is 6.58 Å². The first-order valence-electron chi connectivity index (χ1n) is 13.2. The molecule has 0 bridgehead atoms. The van der Waals surface area contributed by atoms with Gasteiger partial charge in [0.1, 0.15) is 0 Å². The van der Waals surface area contributed by atoms with E-state index in [4.69, 9.17) is 0 Å². The highest BCUT2D eigenvalue weighted by Crippen LogP contribution is 2.27. The van der Waals surface area contributed by atoms with Crippen molar-refractivity contribution in [1.29, 1.82) is 0 Å². The minimum atomic E-state index is -0.616. The molecule has 1 aliphatic heterocycles. The summed E-state index contributed by atoms with van der Waals surface area (Å²) in [4.78, 5) is 50.8. The molecule has 1 aromatic heterocycles. The Morgan fingerprint density at radius 3 is 2.46 bits per heavy atom. The monoisotopic (exact) mass is 528 g/mol. The molecule has 2 amide bonds. The molecule has 39 heavy (non-hydrogen) atoms. The van der Waals surface area contributed by atoms with Crippen molar-refractivity contribution in [2.45, 2.75) is 45.8 Å². The number of carbonyl (C=O) groups excluding carboxylic acids is 3. The number of ketones is 1. The van der Waals surface area contributed by atoms with Gasteiger partial charge < -0.3 is 25.4 Å². The van der Waals surface area contributed by atoms with E-state index in [9.17, 15) is 14.4 Å². The lowest BCUT2D eigenvalue weighted by molar-refractivity contribution is -0.129. The Labute approximate surface area is 229 Å². The molecule has 1 aliphatic rings. The third-order valence-electron chi connectivity index (χ3n) is 6.48. The normalized spacial score (nSPS) is 16.1. The van der Waals surface area contributed by atoms with E-state index in [0.717, 1.165) is 5.69 Å². The number of fused-ring (bicyclic) bond motifs is 1. The Kier molecular flexibility index (Phi) is 8.49. The van der Waals surface area contributed by atoms with Gasteiger partial charge in [-0.2, -0.15) is 0 Å². The summed E-state index contributed by atoms with van der Waals surface area (Å²) in [5.74, 6) is -0.702. The van der Waals surface area contributed by atoms with Crippen molar-refractivity contribution in [1.82, 2.24) is 20.1 Å². The molecule has 2 heterocycles. The first kappa shape index (κ1) is 27.6. The van der Waals surface area contributed by atoms with Crippen LogP contribution in [0, 0.1) is 0 Å². The van der Waals surface area contributed by atoms with Crippen LogP contribution in [0.4, 0.5) is 5.69 Å². The summed E-state index contributed by atoms with van der Waals surface area (Å²) >= 11 is 0. The molecule has 2 aromatic carbocycles. The van der Waals surface area contributed by atoms with Crippen molar-refractivity contribution in [3.05, 3.63) is 78.5 Å². The Bertz CT molecular complexity index is 1390. The number of nitrogens with one attached hydrogen (secondary N) is 3. The molecule has 3 aromatic rings. The van der Waals surface area contributed by atoms with E-state index in [-0.39, 0.29) is 31.1 Å². The maximum Gasteiger partial charge on any atom is 0.295 e. The number of carbonyl (C=O) groups is 3. The van der Waals surface area contributed by atoms with Gasteiger partial charge >= 0.3 is 0 Å². The number of para-hydroxylation sites is 1. The SMILES string of the molecule is C=CC1CN(C(=O)c2ccccc2)CCN1C(=O)C(=O)c1c[nH]c2c(NC(=NC(C)C)NC(C)C)cccc12. The first-order valence-corrected chi connectivity index (χ1v) is 13.2. The number of rotatable bonds is 7. The van der Waals surface area contributed by atoms with Crippen LogP contribution < -0.4 is 10.6 Å². The number of amides is 2. The lowest BCUT2D eigenvalue weighted by Gasteiger charge is -2.39. The number of benzene rings is 2. The molecule has 9 heteroatoms. The van der Waals surface area contributed by atoms with Crippen LogP contribution in [0.25, 0.3) is 10.9 Å². The molecule has 1 saturated heterocycles. The van der Waals surface area contributed by atoms with E-state index in [1.165, 1.54) is 4.90 Å². The Hall–Kier alpha value is -4.40. The highest BCUT2D eigenvalue weighted by atomic mass is 16.2. The second kappa shape index (κ2) is 12.0. The summed E-state index contributed by atoms with van der Waals surface area (Å²) in [7, 11) is 0. The van der Waals surface area contributed by atoms with Crippen molar-refractivity contribution in [3.63, 3.8) is 0 Å². The molecule has 0 saturated carbocycles. The fourth-order valence-corrected chi connectivity index (χ4v) is 4.67. The van der Waals surface area contributed by atoms with Gasteiger partial charge in [-0.1, -0.05) is 36.4 Å². The zero-order valence-corrected chi connectivity index (χ0v) is 22.9. The number of Topliss-reactive ketones (excluding diaryl/α,β-unsaturated/α-hetero) is 1. The summed E-state index contributed by atoms with van der Waals surface area (Å²) in [6.45, 7) is 12.8. The Morgan fingerprint density at radius 1 is 1.05 bits per heavy atom. The molecule has 204 valence electrons. The van der Waals surface area contributed by atoms with E-state index in [1.54, 1.807) is 29.3 Å². The highest BCUT2D eigenvalue weighted by Gasteiger charge is 2.35. The predicted octanol–water partition coefficient (Wildman–Crippen LogP) is 4.06. The van der Waals surface area contributed by atoms with Crippen LogP contribution in [-0.2, 0) is 4.79 Å². The zero-order chi connectivity index (χ0) is 28.1. The smallest absolute Gasteiger partial charge is 0.295 e. The van der Waals surface area contributed by atoms with Gasteiger partial charge in [-0.3, -0.25) is 19.4 Å². The van der Waals surface area contributed by atoms with Gasteiger partial charge in [0, 0.05) is 48.9 Å². The fraction of sp³-hybridized carbons (Fsp3) is 0.333. The molecule has 1 atom stereocenters. The first-order chi connectivity index (χ1) is 18.7. The predicted molar refractivity (Wildman–Crippen MR) is 155 cm³/mol. The summed E-state index contributed by atoms with van der Waals surface area (Å²) in [5.41, 5.74) is 2.32. The molecule has 4 rings (SSSR count). The topological polar surface area (TPSA) is 110 Å². The van der Waals surface area contributed by atoms with Crippen LogP contribution in [-0.4, -0.2) is 76.1 Å². The number of hydrogen-bond donors (Lipinski definition) is 3. The van der Waals surface area contributed by atoms with Gasteiger partial charge in [-0.25, -0.2) is 0 Å². The summed E-state index contributed by atoms with van der Waals surface area (Å²) in [6.07, 6.45) is 3.19. The van der Waals surface area contributed by atoms with E-state index in [0.29, 0.717) is 34.5 Å². The van der Waals surface area contributed by atoms with Crippen molar-refractivity contribution in [2.75, 3.05) is 25.0 Å². The van der Waals surface area contributed by atoms with E-state index in [2.05, 4.69) is 27.2 Å². The summed E-state index contributed by atoms with van der Waals surface area (Å²) in [6, 6.07) is 14.4. The summed E-state index contributed by atoms with van der Waals surface area (Å²) in [5, 5.41) is 7.27. The van der Waals surface area contributed by atoms with Gasteiger partial charge in [-0.05, 0) is 45.9 Å². The molecular weight excluding hydrogens is 492 g/mol. The Balaban J connectivity index is 1.53. The molecule has 0 radical (unpaired) electrons. The average Bonchev–Trinajstić information content (AvgIpc) is 3.36. The number of piperazine rings is 1. The molecule has 1 fully saturated rings. The zero-order valence-electron chi connectivity index (χ0n) is 22.9. The molecular formula is C30H36N6O3. The van der Waals surface area contributed by atoms with Crippen molar-refractivity contribution >= 4 is 40.1 Å². The molecule has 9 nitrogen and oxygen atoms in total. The standard InChI is InChI=1S/C30H36N6O3/c1-6-22-18-35(28(38)21-11-8-7-9-12-21)15-16-36(22)29(39)27(37)24-17-31-26-23(24)13-10-14-25(26)34-30(32-19(2)3)33-20(4)5/h6-14,17,19-20,22,31H,1,15-16,18H2,2-5H3,(H2,32,33,34). The van der Waals surface area contributed by atoms with Crippen LogP contribution in [0.2, 0.25) is 0 Å². The largest absolute Gasteiger partial charge is 0.359 e. The van der Waals surface area contributed by atoms with Gasteiger partial charge in [0.2, 0.25) is 0 Å². The van der Waals surface area contributed by atoms with Gasteiger partial charge in [0.15, 0.2) is 5.96 Å². The van der Waals surface area contributed by atoms with Crippen molar-refractivity contribution in [2.24, 2.45) is 4.99 Å². The number of hydrogen-bond acceptors (Lipinski definition) is 4. The second-order valence-corrected chi connectivity index (χ2v) is 10.2. The second-order valence-electron chi connectivity index (χ2n) is 10.2. The van der Waals surface area contributed by atoms with E-state index >= 15 is 0 Å². The van der Waals surface area contributed by atoms with Gasteiger partial charge in [0.25, 0.3) is 17.6 Å². The maximum absolute atomic E-state index is 13.5. The minimum Gasteiger partial charge on any atom is -0.359 e. The lowest BCUT2D eigenvalue weighted by atomic mass is 10.0. The van der Waals surface area contributed by atoms with Crippen LogP contribution in [0.1, 0.15) is 48.4 Å². The number of H-pyrrole nitrogens is 1. The molecule has 1 unspecified atom stereocenters. The van der Waals surface area contributed by atoms with Crippen LogP contribution in [0.15, 0.2) is 72.4 Å². The van der Waals surface area contributed by atoms with Crippen LogP contribution in [0.3, 0.4) is 0 Å². The molecule has 0 spiro atoms. The third-order valence-corrected chi connectivity index (χ3v) is 6.48. The maximum atomic E-state index is 13.5. The average molecular weight is 529 g/mol. The molecule has 3 N–H and O–H groups in total. The Morgan fingerprint density at radius 2 is 1.79 bits per heavy atom. The summed E-state index contributed by atoms with van der Waals surface area (Å²) < 4.78 is 0. The third kappa shape index (κ3) is 6.19. The van der Waals surface area contributed by atoms with Crippen molar-refractivity contribution < 1.29 is 14.4 Å². The van der Waals surface area contributed by atoms with Crippen LogP contribution in [0.5, 0.6) is 0 Å². The van der Waals surface area contributed by atoms with Gasteiger partial charge in [0.05, 0.1) is 22.8 Å². The quantitative estimate of drug-likeness (QED) is 0.141. The number of aliphatic imine (C=N–C) groups is 1. The lowest BCUT2D eigenvalue weighted by Crippen LogP contribution is -2.57. The van der Waals surface area contributed by atoms with E-state index in [1.807, 2.05) is 64.1 Å². The van der Waals surface area contributed by atoms with E-state index < -0.39 is 17.7 Å². The fourth-order valence-electron chi connectivity index (χ4n) is 4.67. The highest BCUT2D eigenvalue weighted by molar-refractivity contribution is 6.45.